The molecule has 9 N–H and O–H groups in total. The number of fused-ring (bicyclic) bond motifs is 2. The number of anilines is 3. The van der Waals surface area contributed by atoms with Crippen LogP contribution < -0.4 is 170 Å². The molecule has 4 saturated heterocycles. The molecule has 30 nitrogen and oxygen atoms in total. The number of ether oxygens (including phenoxy) is 4. The van der Waals surface area contributed by atoms with Gasteiger partial charge < -0.3 is 106 Å². The van der Waals surface area contributed by atoms with E-state index in [1.165, 1.54) is 0 Å². The zero-order chi connectivity index (χ0) is 92.8. The minimum Gasteiger partial charge on any atom is -1.00 e. The van der Waals surface area contributed by atoms with Crippen LogP contribution in [0.25, 0.3) is 33.4 Å². The predicted octanol–water partition coefficient (Wildman–Crippen LogP) is 9.17. The quantitative estimate of drug-likeness (QED) is 0.0132. The molecule has 131 heavy (non-hydrogen) atoms. The van der Waals surface area contributed by atoms with Crippen molar-refractivity contribution in [2.45, 2.75) is 165 Å². The molecule has 700 valence electrons. The Labute approximate surface area is 923 Å². The molecular formula is C93H119Br2Cl4Cs2N15O15. The maximum atomic E-state index is 14.1. The molecule has 38 heteroatoms. The molecule has 6 aromatic heterocycles. The van der Waals surface area contributed by atoms with Crippen molar-refractivity contribution in [1.29, 1.82) is 0 Å². The molecule has 0 aliphatic carbocycles. The van der Waals surface area contributed by atoms with E-state index >= 15 is 0 Å². The summed E-state index contributed by atoms with van der Waals surface area (Å²) in [5.41, 5.74) is 10.6. The number of aromatic nitrogens is 6. The number of hydrogen-bond acceptors (Lipinski definition) is 22. The molecule has 9 aromatic rings. The Morgan fingerprint density at radius 3 is 1.26 bits per heavy atom. The van der Waals surface area contributed by atoms with Gasteiger partial charge in [-0.05, 0) is 153 Å². The van der Waals surface area contributed by atoms with Crippen LogP contribution in [-0.2, 0) is 81.2 Å². The molecule has 0 bridgehead atoms. The van der Waals surface area contributed by atoms with Crippen LogP contribution in [0.5, 0.6) is 0 Å². The topological polar surface area (TPSA) is 370 Å². The van der Waals surface area contributed by atoms with Crippen LogP contribution in [0.1, 0.15) is 149 Å². The second-order valence-electron chi connectivity index (χ2n) is 35.6. The van der Waals surface area contributed by atoms with E-state index in [9.17, 15) is 39.3 Å². The number of nitrogens with zero attached hydrogens (tertiary/aromatic N) is 9. The molecule has 0 unspecified atom stereocenters. The van der Waals surface area contributed by atoms with E-state index < -0.39 is 11.2 Å². The minimum absolute atomic E-state index is 0. The van der Waals surface area contributed by atoms with Gasteiger partial charge in [-0.25, -0.2) is 24.5 Å². The predicted molar refractivity (Wildman–Crippen MR) is 509 cm³/mol. The number of aromatic amines is 1. The number of aliphatic hydroxyl groups is 3. The first-order valence-electron chi connectivity index (χ1n) is 42.4. The van der Waals surface area contributed by atoms with Gasteiger partial charge in [-0.15, -0.1) is 12.4 Å². The van der Waals surface area contributed by atoms with Crippen LogP contribution >= 0.6 is 79.1 Å². The van der Waals surface area contributed by atoms with Gasteiger partial charge in [0.05, 0.1) is 61.3 Å². The Kier molecular flexibility index (Phi) is 45.2. The fourth-order valence-corrected chi connectivity index (χ4v) is 17.6. The number of nitrogens with one attached hydrogen (secondary N) is 6. The number of amides is 5. The van der Waals surface area contributed by atoms with Gasteiger partial charge in [0.2, 0.25) is 0 Å². The van der Waals surface area contributed by atoms with E-state index in [0.717, 1.165) is 148 Å². The molecule has 0 radical (unpaired) electrons. The van der Waals surface area contributed by atoms with E-state index in [1.807, 2.05) is 199 Å². The SMILES string of the molecule is C1COCCO1.CC(C)(C)OC(=O)N1CC(CBr)(CBr)C1.CC(C)Nc1cc(-c2c[nH]c(C(=O)NCc3ccccc3CO)c2)c(Cl)cn1.CC(C)Nc1cc(-c2cc3n(c2)CC2(CN(C(=O)OC(C)(C)C)C2)CN(Cc2ccccc2CO)C3=O)c(Cl)cn1.CC(C)Nc1cc(-c2cc3n(c2)CC2(CNC2)CN(Cc2ccccc2CO)C3=O)c(Cl)cn1.Cl.O=CO[O-].[Cs+].[Cs+].[H-]. The summed E-state index contributed by atoms with van der Waals surface area (Å²) in [5.74, 6) is 1.84. The van der Waals surface area contributed by atoms with Gasteiger partial charge >= 0.3 is 150 Å². The zero-order valence-electron chi connectivity index (χ0n) is 77.8. The maximum absolute atomic E-state index is 14.1. The van der Waals surface area contributed by atoms with Crippen molar-refractivity contribution in [2.75, 3.05) is 105 Å². The zero-order valence-corrected chi connectivity index (χ0v) is 95.6. The fourth-order valence-electron chi connectivity index (χ4n) is 15.4. The van der Waals surface area contributed by atoms with Crippen molar-refractivity contribution in [3.05, 3.63) is 212 Å². The number of H-pyrrole nitrogens is 1. The Balaban J connectivity index is 0.000000268. The number of carbonyl (C=O) groups excluding carboxylic acids is 6. The summed E-state index contributed by atoms with van der Waals surface area (Å²) in [6, 6.07) is 34.8. The number of likely N-dealkylation sites (tertiary alicyclic amines) is 2. The summed E-state index contributed by atoms with van der Waals surface area (Å²) >= 11 is 26.4. The Morgan fingerprint density at radius 1 is 0.550 bits per heavy atom. The molecule has 0 atom stereocenters. The van der Waals surface area contributed by atoms with E-state index in [0.29, 0.717) is 90.3 Å². The number of aliphatic hydroxyl groups excluding tert-OH is 3. The molecule has 2 spiro atoms. The molecule has 12 heterocycles. The summed E-state index contributed by atoms with van der Waals surface area (Å²) in [4.78, 5) is 99.3. The second-order valence-corrected chi connectivity index (χ2v) is 37.9. The normalized spacial score (nSPS) is 15.4. The van der Waals surface area contributed by atoms with E-state index in [1.54, 1.807) is 40.7 Å². The summed E-state index contributed by atoms with van der Waals surface area (Å²) in [7, 11) is 0. The first-order chi connectivity index (χ1) is 60.9. The van der Waals surface area contributed by atoms with Crippen LogP contribution in [-0.4, -0.2) is 219 Å². The first kappa shape index (κ1) is 113. The van der Waals surface area contributed by atoms with Gasteiger partial charge in [0, 0.05) is 201 Å². The molecule has 5 amide bonds. The minimum atomic E-state index is -0.588. The summed E-state index contributed by atoms with van der Waals surface area (Å²) in [6.07, 6.45) is 10.1. The Bertz CT molecular complexity index is 5260. The average molecular weight is 2250 g/mol. The first-order valence-corrected chi connectivity index (χ1v) is 45.7. The van der Waals surface area contributed by atoms with Gasteiger partial charge in [-0.2, -0.15) is 0 Å². The van der Waals surface area contributed by atoms with Gasteiger partial charge in [0.1, 0.15) is 45.7 Å². The van der Waals surface area contributed by atoms with Gasteiger partial charge in [0.25, 0.3) is 24.2 Å². The van der Waals surface area contributed by atoms with Crippen molar-refractivity contribution in [1.82, 2.24) is 59.3 Å². The molecule has 3 aromatic carbocycles. The van der Waals surface area contributed by atoms with E-state index in [-0.39, 0.29) is 242 Å². The number of benzene rings is 3. The molecule has 0 saturated carbocycles. The third kappa shape index (κ3) is 32.1. The van der Waals surface area contributed by atoms with Crippen LogP contribution in [0.2, 0.25) is 15.1 Å². The molecule has 6 aliphatic heterocycles. The fraction of sp³-hybridized carbons (Fsp3) is 0.452. The van der Waals surface area contributed by atoms with Crippen molar-refractivity contribution in [2.24, 2.45) is 16.2 Å². The number of halogens is 6. The molecule has 15 rings (SSSR count). The Morgan fingerprint density at radius 2 is 0.908 bits per heavy atom. The van der Waals surface area contributed by atoms with Crippen LogP contribution in [0.4, 0.5) is 27.0 Å². The monoisotopic (exact) mass is 2250 g/mol. The third-order valence-corrected chi connectivity index (χ3v) is 24.7. The summed E-state index contributed by atoms with van der Waals surface area (Å²) in [5, 5.41) is 57.0. The molecule has 6 aliphatic rings. The standard InChI is InChI=1S/C31H38ClN5O4.C26H30ClN5O2.C21H23ClN4O2.C10H17Br2NO2.C4H8O2.CH2O3.ClH.2Cs.H/c1-20(2)34-27-11-24(25(32)12-33-27)23-10-26-28(39)36(13-21-8-6-7-9-22(21)15-38)17-31(16-35(26)14-23)18-37(19-31)29(40)41-30(3,4)5;1-17(2)30-24-8-21(22(27)9-29-24)20-7-23-25(34)32(10-18-5-3-4-6-19(18)12-33)16-26(13-28-14-26)15-31(23)11-20;1-13(2)26-20-8-17(18(22)11-24-20)16-7-19(23-10-16)21(28)25-9-14-5-3-4-6-15(14)12-27;1-9(2,3)15-8(14)13-6-10(4-11,5-12)7-13;1-2-6-4-3-5-1;2-1-4-3;;;;/h6-12,14,20,38H,13,15-19H2,1-5H3,(H,33,34);3-9,11,17,28,33H,10,12-16H2,1-2H3,(H,29,30);3-8,10-11,13,23,27H,9,12H2,1-2H3,(H,24,26)(H,25,28);4-7H2,1-3H3;1-4H2;1,3H;1H;;;/q;;;;;;;2*+1;-1/p-1. The smallest absolute Gasteiger partial charge is 1.00 e. The van der Waals surface area contributed by atoms with Crippen molar-refractivity contribution >= 4 is 133 Å². The average Bonchev–Trinajstić information content (AvgIpc) is 1.57. The number of rotatable bonds is 22. The number of pyridine rings is 3. The number of hydrogen-bond donors (Lipinski definition) is 9. The van der Waals surface area contributed by atoms with Crippen LogP contribution in [0, 0.1) is 16.2 Å². The summed E-state index contributed by atoms with van der Waals surface area (Å²) < 4.78 is 24.9. The third-order valence-electron chi connectivity index (χ3n) is 21.4. The van der Waals surface area contributed by atoms with Crippen molar-refractivity contribution in [3.8, 4) is 33.4 Å². The van der Waals surface area contributed by atoms with Crippen molar-refractivity contribution < 1.29 is 212 Å². The van der Waals surface area contributed by atoms with Crippen LogP contribution in [0.15, 0.2) is 146 Å². The molecular weight excluding hydrogens is 2130 g/mol. The number of alkyl halides is 2. The van der Waals surface area contributed by atoms with E-state index in [4.69, 9.17) is 63.8 Å². The van der Waals surface area contributed by atoms with Crippen LogP contribution in [0.3, 0.4) is 0 Å². The Hall–Kier alpha value is -5.29. The van der Waals surface area contributed by atoms with Gasteiger partial charge in [-0.3, -0.25) is 19.2 Å². The van der Waals surface area contributed by atoms with E-state index in [2.05, 4.69) is 102 Å². The van der Waals surface area contributed by atoms with Crippen molar-refractivity contribution in [3.63, 3.8) is 0 Å². The van der Waals surface area contributed by atoms with Gasteiger partial charge in [-0.1, -0.05) is 139 Å². The molecule has 4 fully saturated rings. The summed E-state index contributed by atoms with van der Waals surface area (Å²) in [6.45, 7) is 34.0. The maximum Gasteiger partial charge on any atom is 1.00 e. The second kappa shape index (κ2) is 52.5. The number of carbonyl (C=O) groups is 6. The largest absolute Gasteiger partial charge is 1.00 e. The van der Waals surface area contributed by atoms with Gasteiger partial charge in [0.15, 0.2) is 0 Å².